The molecule has 4 rings (SSSR count). The molecule has 1 aliphatic carbocycles. The average Bonchev–Trinajstić information content (AvgIpc) is 3.47. The van der Waals surface area contributed by atoms with Crippen LogP contribution < -0.4 is 10.6 Å². The van der Waals surface area contributed by atoms with Crippen LogP contribution in [0.15, 0.2) is 47.1 Å². The lowest BCUT2D eigenvalue weighted by Gasteiger charge is -2.20. The van der Waals surface area contributed by atoms with Gasteiger partial charge in [0.15, 0.2) is 11.9 Å². The van der Waals surface area contributed by atoms with E-state index in [1.807, 2.05) is 19.1 Å². The Labute approximate surface area is 196 Å². The highest BCUT2D eigenvalue weighted by atomic mass is 32.1. The van der Waals surface area contributed by atoms with E-state index in [-0.39, 0.29) is 18.2 Å². The van der Waals surface area contributed by atoms with Gasteiger partial charge in [0.25, 0.3) is 5.91 Å². The maximum Gasteiger partial charge on any atom is 0.341 e. The summed E-state index contributed by atoms with van der Waals surface area (Å²) < 4.78 is 10.5. The first-order chi connectivity index (χ1) is 16.0. The van der Waals surface area contributed by atoms with Crippen molar-refractivity contribution in [3.05, 3.63) is 75.6 Å². The molecule has 0 radical (unpaired) electrons. The summed E-state index contributed by atoms with van der Waals surface area (Å²) in [6, 6.07) is 10.2. The van der Waals surface area contributed by atoms with Crippen LogP contribution in [0.25, 0.3) is 0 Å². The van der Waals surface area contributed by atoms with Gasteiger partial charge in [-0.2, -0.15) is 0 Å². The topological polar surface area (TPSA) is 97.6 Å². The number of ketones is 1. The number of amides is 1. The van der Waals surface area contributed by atoms with E-state index in [9.17, 15) is 14.4 Å². The van der Waals surface area contributed by atoms with E-state index < -0.39 is 18.0 Å². The number of esters is 1. The van der Waals surface area contributed by atoms with Crippen LogP contribution in [0.3, 0.4) is 0 Å². The van der Waals surface area contributed by atoms with Crippen LogP contribution in [0.4, 0.5) is 5.00 Å². The first-order valence-electron chi connectivity index (χ1n) is 11.0. The Morgan fingerprint density at radius 2 is 1.88 bits per heavy atom. The molecule has 2 heterocycles. The Balaban J connectivity index is 1.69. The lowest BCUT2D eigenvalue weighted by molar-refractivity contribution is 0.0526. The molecule has 1 aromatic carbocycles. The third-order valence-electron chi connectivity index (χ3n) is 5.54. The van der Waals surface area contributed by atoms with Crippen LogP contribution in [-0.4, -0.2) is 30.4 Å². The van der Waals surface area contributed by atoms with Gasteiger partial charge in [0, 0.05) is 10.4 Å². The van der Waals surface area contributed by atoms with Crippen molar-refractivity contribution in [1.82, 2.24) is 5.32 Å². The smallest absolute Gasteiger partial charge is 0.341 e. The van der Waals surface area contributed by atoms with E-state index in [1.165, 1.54) is 23.7 Å². The highest BCUT2D eigenvalue weighted by Gasteiger charge is 2.30. The molecule has 3 aromatic rings. The number of aryl methyl sites for hydroxylation is 2. The summed E-state index contributed by atoms with van der Waals surface area (Å²) >= 11 is 1.45. The number of hydrogen-bond acceptors (Lipinski definition) is 7. The molecule has 1 aliphatic rings. The molecule has 1 amide bonds. The number of rotatable bonds is 8. The van der Waals surface area contributed by atoms with Crippen molar-refractivity contribution in [3.63, 3.8) is 0 Å². The Bertz CT molecular complexity index is 1150. The molecule has 1 atom stereocenters. The lowest BCUT2D eigenvalue weighted by Crippen LogP contribution is -2.46. The summed E-state index contributed by atoms with van der Waals surface area (Å²) in [6.45, 7) is 3.95. The quantitative estimate of drug-likeness (QED) is 0.282. The summed E-state index contributed by atoms with van der Waals surface area (Å²) in [5.74, 6) is -1.18. The van der Waals surface area contributed by atoms with E-state index in [2.05, 4.69) is 10.6 Å². The van der Waals surface area contributed by atoms with Crippen molar-refractivity contribution in [1.29, 1.82) is 0 Å². The van der Waals surface area contributed by atoms with Crippen LogP contribution in [0.2, 0.25) is 0 Å². The molecule has 7 nitrogen and oxygen atoms in total. The predicted octanol–water partition coefficient (Wildman–Crippen LogP) is 4.76. The van der Waals surface area contributed by atoms with Crippen LogP contribution in [0.1, 0.15) is 67.0 Å². The fraction of sp³-hybridized carbons (Fsp3) is 0.320. The first kappa shape index (κ1) is 22.8. The van der Waals surface area contributed by atoms with E-state index in [1.54, 1.807) is 25.1 Å². The molecule has 2 aromatic heterocycles. The van der Waals surface area contributed by atoms with E-state index >= 15 is 0 Å². The number of Topliss-reactive ketones (excluding diaryl/α,β-unsaturated/α-hetero) is 1. The molecule has 2 N–H and O–H groups in total. The van der Waals surface area contributed by atoms with Crippen LogP contribution >= 0.6 is 11.3 Å². The van der Waals surface area contributed by atoms with Crippen molar-refractivity contribution in [2.75, 3.05) is 11.9 Å². The first-order valence-corrected chi connectivity index (χ1v) is 11.8. The van der Waals surface area contributed by atoms with Crippen LogP contribution in [0.5, 0.6) is 0 Å². The average molecular weight is 467 g/mol. The molecule has 8 heteroatoms. The minimum atomic E-state index is -1.10. The van der Waals surface area contributed by atoms with Gasteiger partial charge in [-0.15, -0.1) is 11.3 Å². The zero-order valence-electron chi connectivity index (χ0n) is 18.6. The molecular weight excluding hydrogens is 440 g/mol. The Morgan fingerprint density at radius 3 is 2.58 bits per heavy atom. The number of furan rings is 1. The third kappa shape index (κ3) is 5.01. The number of nitrogens with one attached hydrogen (secondary N) is 2. The zero-order valence-corrected chi connectivity index (χ0v) is 19.4. The van der Waals surface area contributed by atoms with Gasteiger partial charge in [-0.1, -0.05) is 29.8 Å². The minimum absolute atomic E-state index is 0.0922. The van der Waals surface area contributed by atoms with E-state index in [0.717, 1.165) is 41.7 Å². The molecule has 0 bridgehead atoms. The Morgan fingerprint density at radius 1 is 1.12 bits per heavy atom. The predicted molar refractivity (Wildman–Crippen MR) is 126 cm³/mol. The van der Waals surface area contributed by atoms with E-state index in [4.69, 9.17) is 9.15 Å². The van der Waals surface area contributed by atoms with Gasteiger partial charge in [-0.3, -0.25) is 9.59 Å². The number of carbonyl (C=O) groups excluding carboxylic acids is 3. The molecule has 172 valence electrons. The molecule has 0 spiro atoms. The normalized spacial score (nSPS) is 13.6. The molecule has 0 aliphatic heterocycles. The number of thiophene rings is 1. The lowest BCUT2D eigenvalue weighted by atomic mass is 9.95. The summed E-state index contributed by atoms with van der Waals surface area (Å²) in [5.41, 5.74) is 2.90. The third-order valence-corrected chi connectivity index (χ3v) is 6.77. The number of benzene rings is 1. The van der Waals surface area contributed by atoms with Crippen molar-refractivity contribution in [3.8, 4) is 0 Å². The van der Waals surface area contributed by atoms with Crippen molar-refractivity contribution in [2.45, 2.75) is 45.7 Å². The van der Waals surface area contributed by atoms with Gasteiger partial charge in [-0.05, 0) is 57.2 Å². The number of anilines is 1. The van der Waals surface area contributed by atoms with Crippen LogP contribution in [-0.2, 0) is 17.6 Å². The van der Waals surface area contributed by atoms with Crippen molar-refractivity contribution >= 4 is 34.0 Å². The van der Waals surface area contributed by atoms with Gasteiger partial charge in [-0.25, -0.2) is 4.79 Å². The molecule has 0 saturated heterocycles. The van der Waals surface area contributed by atoms with Crippen molar-refractivity contribution < 1.29 is 23.5 Å². The number of carbonyl (C=O) groups is 3. The number of ether oxygens (including phenoxy) is 1. The Hall–Kier alpha value is -3.39. The summed E-state index contributed by atoms with van der Waals surface area (Å²) in [4.78, 5) is 40.1. The standard InChI is InChI=1S/C25H26N2O5S/c1-3-31-25(30)20-17-7-4-5-9-19(17)33-24(20)27-22(26-23(29)18-8-6-14-32-18)21(28)16-12-10-15(2)11-13-16/h6,8,10-14,22,27H,3-5,7,9H2,1-2H3,(H,26,29). The molecule has 0 fully saturated rings. The zero-order chi connectivity index (χ0) is 23.4. The monoisotopic (exact) mass is 466 g/mol. The fourth-order valence-corrected chi connectivity index (χ4v) is 5.19. The largest absolute Gasteiger partial charge is 0.462 e. The van der Waals surface area contributed by atoms with Crippen molar-refractivity contribution in [2.24, 2.45) is 0 Å². The van der Waals surface area contributed by atoms with Crippen LogP contribution in [0, 0.1) is 6.92 Å². The van der Waals surface area contributed by atoms with Gasteiger partial charge >= 0.3 is 5.97 Å². The van der Waals surface area contributed by atoms with Gasteiger partial charge in [0.1, 0.15) is 5.00 Å². The highest BCUT2D eigenvalue weighted by molar-refractivity contribution is 7.16. The molecule has 33 heavy (non-hydrogen) atoms. The fourth-order valence-electron chi connectivity index (χ4n) is 3.88. The van der Waals surface area contributed by atoms with Gasteiger partial charge in [0.05, 0.1) is 18.4 Å². The Kier molecular flexibility index (Phi) is 6.93. The highest BCUT2D eigenvalue weighted by Crippen LogP contribution is 2.39. The molecule has 0 saturated carbocycles. The van der Waals surface area contributed by atoms with Gasteiger partial charge < -0.3 is 19.8 Å². The SMILES string of the molecule is CCOC(=O)c1c(NC(NC(=O)c2ccco2)C(=O)c2ccc(C)cc2)sc2c1CCCC2. The van der Waals surface area contributed by atoms with Gasteiger partial charge in [0.2, 0.25) is 5.78 Å². The second kappa shape index (κ2) is 10.0. The number of hydrogen-bond donors (Lipinski definition) is 2. The summed E-state index contributed by atoms with van der Waals surface area (Å²) in [5, 5.41) is 6.40. The van der Waals surface area contributed by atoms with E-state index in [0.29, 0.717) is 16.1 Å². The minimum Gasteiger partial charge on any atom is -0.462 e. The molecule has 1 unspecified atom stereocenters. The maximum absolute atomic E-state index is 13.4. The second-order valence-electron chi connectivity index (χ2n) is 7.89. The number of fused-ring (bicyclic) bond motifs is 1. The summed E-state index contributed by atoms with van der Waals surface area (Å²) in [6.07, 6.45) is 4.01. The second-order valence-corrected chi connectivity index (χ2v) is 9.00. The maximum atomic E-state index is 13.4. The molecular formula is C25H26N2O5S. The summed E-state index contributed by atoms with van der Waals surface area (Å²) in [7, 11) is 0.